The molecule has 0 unspecified atom stereocenters. The summed E-state index contributed by atoms with van der Waals surface area (Å²) in [5.74, 6) is 4.56. The number of aromatic nitrogens is 2. The number of nitrogens with one attached hydrogen (secondary N) is 1. The largest absolute Gasteiger partial charge is 0.308 e. The van der Waals surface area contributed by atoms with E-state index in [1.54, 1.807) is 0 Å². The molecular formula is C13H12F2N4. The summed E-state index contributed by atoms with van der Waals surface area (Å²) in [4.78, 5) is 8.67. The molecule has 1 aliphatic carbocycles. The Morgan fingerprint density at radius 3 is 2.68 bits per heavy atom. The summed E-state index contributed by atoms with van der Waals surface area (Å²) in [5, 5.41) is 0. The second kappa shape index (κ2) is 4.55. The Balaban J connectivity index is 2.12. The van der Waals surface area contributed by atoms with Crippen LogP contribution in [0.2, 0.25) is 0 Å². The Morgan fingerprint density at radius 2 is 1.95 bits per heavy atom. The van der Waals surface area contributed by atoms with E-state index in [0.29, 0.717) is 17.2 Å². The van der Waals surface area contributed by atoms with Crippen molar-refractivity contribution >= 4 is 5.82 Å². The van der Waals surface area contributed by atoms with Gasteiger partial charge in [0.05, 0.1) is 0 Å². The van der Waals surface area contributed by atoms with Gasteiger partial charge in [-0.25, -0.2) is 24.6 Å². The maximum absolute atomic E-state index is 13.3. The first-order valence-electron chi connectivity index (χ1n) is 6.01. The highest BCUT2D eigenvalue weighted by Gasteiger charge is 2.19. The fourth-order valence-electron chi connectivity index (χ4n) is 2.32. The highest BCUT2D eigenvalue weighted by Crippen LogP contribution is 2.29. The number of fused-ring (bicyclic) bond motifs is 1. The number of hydrazine groups is 1. The van der Waals surface area contributed by atoms with Crippen LogP contribution in [0.4, 0.5) is 14.6 Å². The van der Waals surface area contributed by atoms with Crippen LogP contribution in [0, 0.1) is 11.6 Å². The van der Waals surface area contributed by atoms with Crippen molar-refractivity contribution < 1.29 is 8.78 Å². The van der Waals surface area contributed by atoms with Crippen molar-refractivity contribution in [2.24, 2.45) is 5.84 Å². The number of anilines is 1. The molecule has 4 nitrogen and oxygen atoms in total. The molecule has 0 fully saturated rings. The standard InChI is InChI=1S/C13H12F2N4/c14-9-5-4-7(6-10(9)15)12-17-11-3-1-2-8(11)13(18-12)19-16/h4-6H,1-3,16H2,(H,17,18,19). The zero-order chi connectivity index (χ0) is 13.4. The van der Waals surface area contributed by atoms with Gasteiger partial charge in [-0.2, -0.15) is 0 Å². The van der Waals surface area contributed by atoms with Gasteiger partial charge in [-0.05, 0) is 37.5 Å². The van der Waals surface area contributed by atoms with Gasteiger partial charge in [0, 0.05) is 16.8 Å². The molecule has 0 saturated carbocycles. The maximum atomic E-state index is 13.3. The molecule has 3 N–H and O–H groups in total. The summed E-state index contributed by atoms with van der Waals surface area (Å²) in [6, 6.07) is 3.61. The van der Waals surface area contributed by atoms with Crippen molar-refractivity contribution in [3.05, 3.63) is 41.1 Å². The van der Waals surface area contributed by atoms with E-state index in [0.717, 1.165) is 42.7 Å². The van der Waals surface area contributed by atoms with Crippen molar-refractivity contribution in [1.82, 2.24) is 9.97 Å². The Morgan fingerprint density at radius 1 is 1.11 bits per heavy atom. The molecule has 0 aliphatic heterocycles. The van der Waals surface area contributed by atoms with Crippen molar-refractivity contribution in [1.29, 1.82) is 0 Å². The normalized spacial score (nSPS) is 13.4. The molecule has 6 heteroatoms. The number of rotatable bonds is 2. The van der Waals surface area contributed by atoms with E-state index < -0.39 is 11.6 Å². The fourth-order valence-corrected chi connectivity index (χ4v) is 2.32. The van der Waals surface area contributed by atoms with Crippen molar-refractivity contribution in [3.8, 4) is 11.4 Å². The minimum atomic E-state index is -0.913. The maximum Gasteiger partial charge on any atom is 0.161 e. The van der Waals surface area contributed by atoms with Gasteiger partial charge in [-0.15, -0.1) is 0 Å². The molecule has 1 aliphatic rings. The minimum Gasteiger partial charge on any atom is -0.308 e. The molecule has 0 spiro atoms. The number of aryl methyl sites for hydroxylation is 1. The van der Waals surface area contributed by atoms with Crippen LogP contribution in [0.5, 0.6) is 0 Å². The molecule has 0 amide bonds. The summed E-state index contributed by atoms with van der Waals surface area (Å²) in [7, 11) is 0. The van der Waals surface area contributed by atoms with Crippen LogP contribution in [0.25, 0.3) is 11.4 Å². The second-order valence-electron chi connectivity index (χ2n) is 4.45. The molecule has 0 atom stereocenters. The van der Waals surface area contributed by atoms with E-state index in [1.165, 1.54) is 6.07 Å². The van der Waals surface area contributed by atoms with Crippen LogP contribution in [0.3, 0.4) is 0 Å². The Bertz CT molecular complexity index is 643. The fraction of sp³-hybridized carbons (Fsp3) is 0.231. The molecule has 1 aromatic carbocycles. The second-order valence-corrected chi connectivity index (χ2v) is 4.45. The van der Waals surface area contributed by atoms with Crippen LogP contribution < -0.4 is 11.3 Å². The first-order chi connectivity index (χ1) is 9.19. The highest BCUT2D eigenvalue weighted by molar-refractivity contribution is 5.60. The van der Waals surface area contributed by atoms with Gasteiger partial charge >= 0.3 is 0 Å². The van der Waals surface area contributed by atoms with Gasteiger partial charge < -0.3 is 5.43 Å². The van der Waals surface area contributed by atoms with Crippen molar-refractivity contribution in [2.75, 3.05) is 5.43 Å². The average molecular weight is 262 g/mol. The molecule has 0 radical (unpaired) electrons. The topological polar surface area (TPSA) is 63.8 Å². The Kier molecular flexibility index (Phi) is 2.87. The Hall–Kier alpha value is -2.08. The van der Waals surface area contributed by atoms with Gasteiger partial charge in [0.25, 0.3) is 0 Å². The van der Waals surface area contributed by atoms with E-state index in [4.69, 9.17) is 5.84 Å². The van der Waals surface area contributed by atoms with E-state index in [2.05, 4.69) is 15.4 Å². The third-order valence-electron chi connectivity index (χ3n) is 3.25. The quantitative estimate of drug-likeness (QED) is 0.643. The highest BCUT2D eigenvalue weighted by atomic mass is 19.2. The number of nitrogens with zero attached hydrogens (tertiary/aromatic N) is 2. The molecule has 98 valence electrons. The smallest absolute Gasteiger partial charge is 0.161 e. The molecule has 1 heterocycles. The number of hydrogen-bond acceptors (Lipinski definition) is 4. The van der Waals surface area contributed by atoms with Gasteiger partial charge in [0.15, 0.2) is 17.5 Å². The van der Waals surface area contributed by atoms with Crippen LogP contribution in [0.1, 0.15) is 17.7 Å². The molecule has 2 aromatic rings. The number of halogens is 2. The van der Waals surface area contributed by atoms with Gasteiger partial charge in [0.2, 0.25) is 0 Å². The van der Waals surface area contributed by atoms with Crippen LogP contribution in [-0.2, 0) is 12.8 Å². The summed E-state index contributed by atoms with van der Waals surface area (Å²) >= 11 is 0. The summed E-state index contributed by atoms with van der Waals surface area (Å²) in [6.45, 7) is 0. The predicted molar refractivity (Wildman–Crippen MR) is 67.2 cm³/mol. The number of hydrogen-bond donors (Lipinski definition) is 2. The summed E-state index contributed by atoms with van der Waals surface area (Å²) in [6.07, 6.45) is 2.73. The first kappa shape index (κ1) is 12.0. The van der Waals surface area contributed by atoms with E-state index in [-0.39, 0.29) is 0 Å². The van der Waals surface area contributed by atoms with Gasteiger partial charge in [0.1, 0.15) is 5.82 Å². The molecule has 19 heavy (non-hydrogen) atoms. The first-order valence-corrected chi connectivity index (χ1v) is 6.01. The lowest BCUT2D eigenvalue weighted by Crippen LogP contribution is -2.12. The number of benzene rings is 1. The van der Waals surface area contributed by atoms with Gasteiger partial charge in [-0.3, -0.25) is 0 Å². The zero-order valence-electron chi connectivity index (χ0n) is 10.1. The van der Waals surface area contributed by atoms with Gasteiger partial charge in [-0.1, -0.05) is 0 Å². The van der Waals surface area contributed by atoms with Crippen LogP contribution >= 0.6 is 0 Å². The van der Waals surface area contributed by atoms with E-state index >= 15 is 0 Å². The lowest BCUT2D eigenvalue weighted by molar-refractivity contribution is 0.509. The van der Waals surface area contributed by atoms with Crippen LogP contribution in [0.15, 0.2) is 18.2 Å². The van der Waals surface area contributed by atoms with Crippen LogP contribution in [-0.4, -0.2) is 9.97 Å². The third-order valence-corrected chi connectivity index (χ3v) is 3.25. The molecule has 1 aromatic heterocycles. The summed E-state index contributed by atoms with van der Waals surface area (Å²) in [5.41, 5.74) is 4.91. The summed E-state index contributed by atoms with van der Waals surface area (Å²) < 4.78 is 26.2. The number of nitrogen functional groups attached to an aromatic ring is 1. The van der Waals surface area contributed by atoms with Crippen molar-refractivity contribution in [3.63, 3.8) is 0 Å². The molecule has 0 saturated heterocycles. The lowest BCUT2D eigenvalue weighted by Gasteiger charge is -2.09. The number of nitrogens with two attached hydrogens (primary N) is 1. The lowest BCUT2D eigenvalue weighted by atomic mass is 10.1. The van der Waals surface area contributed by atoms with Crippen molar-refractivity contribution in [2.45, 2.75) is 19.3 Å². The molecule has 0 bridgehead atoms. The predicted octanol–water partition coefficient (Wildman–Crippen LogP) is 2.20. The monoisotopic (exact) mass is 262 g/mol. The SMILES string of the molecule is NNc1nc(-c2ccc(F)c(F)c2)nc2c1CCC2. The molecule has 3 rings (SSSR count). The molecular weight excluding hydrogens is 250 g/mol. The third kappa shape index (κ3) is 2.04. The average Bonchev–Trinajstić information content (AvgIpc) is 2.89. The van der Waals surface area contributed by atoms with E-state index in [9.17, 15) is 8.78 Å². The van der Waals surface area contributed by atoms with E-state index in [1.807, 2.05) is 0 Å². The Labute approximate surface area is 108 Å². The zero-order valence-corrected chi connectivity index (χ0v) is 10.1. The minimum absolute atomic E-state index is 0.354.